The van der Waals surface area contributed by atoms with Crippen molar-refractivity contribution in [2.24, 2.45) is 5.92 Å². The van der Waals surface area contributed by atoms with Gasteiger partial charge in [-0.15, -0.1) is 0 Å². The molecule has 2 amide bonds. The van der Waals surface area contributed by atoms with Crippen LogP contribution in [0.4, 0.5) is 10.5 Å². The fourth-order valence-electron chi connectivity index (χ4n) is 6.26. The van der Waals surface area contributed by atoms with Crippen molar-refractivity contribution >= 4 is 33.4 Å². The minimum absolute atomic E-state index is 0.0135. The molecule has 0 aliphatic carbocycles. The summed E-state index contributed by atoms with van der Waals surface area (Å²) in [5.41, 5.74) is 4.66. The number of para-hydroxylation sites is 1. The zero-order chi connectivity index (χ0) is 24.1. The Labute approximate surface area is 205 Å². The average molecular weight is 469 g/mol. The summed E-state index contributed by atoms with van der Waals surface area (Å²) < 4.78 is 0. The topological polar surface area (TPSA) is 71.6 Å². The molecule has 0 spiro atoms. The van der Waals surface area contributed by atoms with Crippen LogP contribution in [0.25, 0.3) is 21.7 Å². The largest absolute Gasteiger partial charge is 0.393 e. The van der Waals surface area contributed by atoms with E-state index in [9.17, 15) is 9.90 Å². The van der Waals surface area contributed by atoms with E-state index >= 15 is 0 Å². The third kappa shape index (κ3) is 3.77. The summed E-state index contributed by atoms with van der Waals surface area (Å²) in [6.45, 7) is 3.60. The number of H-pyrrole nitrogens is 1. The SMILES string of the molecule is C[C@H](O)[C@@H]1CN2CCc3c([nH]c4ccccc34)[C@@H]2C[C@@H]1N(C)C(=O)Nc1cccc2ccccc12. The number of carbonyl (C=O) groups excluding carboxylic acids is 1. The highest BCUT2D eigenvalue weighted by Gasteiger charge is 2.44. The minimum atomic E-state index is -0.502. The second-order valence-electron chi connectivity index (χ2n) is 10.1. The maximum atomic E-state index is 13.5. The second-order valence-corrected chi connectivity index (χ2v) is 10.1. The number of aromatic amines is 1. The Morgan fingerprint density at radius 2 is 1.83 bits per heavy atom. The highest BCUT2D eigenvalue weighted by molar-refractivity contribution is 6.01. The van der Waals surface area contributed by atoms with E-state index in [0.29, 0.717) is 0 Å². The number of fused-ring (bicyclic) bond motifs is 6. The molecule has 4 atom stereocenters. The van der Waals surface area contributed by atoms with Crippen molar-refractivity contribution in [3.8, 4) is 0 Å². The monoisotopic (exact) mass is 468 g/mol. The number of hydrogen-bond donors (Lipinski definition) is 3. The van der Waals surface area contributed by atoms with Gasteiger partial charge in [0.2, 0.25) is 0 Å². The first-order chi connectivity index (χ1) is 17.0. The molecule has 2 aliphatic heterocycles. The molecule has 4 aromatic rings. The number of piperidine rings is 1. The molecule has 6 nitrogen and oxygen atoms in total. The fourth-order valence-corrected chi connectivity index (χ4v) is 6.26. The smallest absolute Gasteiger partial charge is 0.321 e. The molecule has 3 heterocycles. The summed E-state index contributed by atoms with van der Waals surface area (Å²) in [5, 5.41) is 17.3. The van der Waals surface area contributed by atoms with Crippen LogP contribution in [0.1, 0.15) is 30.6 Å². The van der Waals surface area contributed by atoms with Gasteiger partial charge in [0.15, 0.2) is 0 Å². The molecule has 1 saturated heterocycles. The van der Waals surface area contributed by atoms with Crippen LogP contribution in [0.3, 0.4) is 0 Å². The van der Waals surface area contributed by atoms with Gasteiger partial charge in [-0.1, -0.05) is 54.6 Å². The van der Waals surface area contributed by atoms with Crippen LogP contribution in [-0.4, -0.2) is 58.2 Å². The van der Waals surface area contributed by atoms with Gasteiger partial charge in [0.1, 0.15) is 0 Å². The summed E-state index contributed by atoms with van der Waals surface area (Å²) in [4.78, 5) is 21.5. The number of aromatic nitrogens is 1. The standard InChI is InChI=1S/C29H32N4O2/c1-18(34)23-17-33-15-14-22-21-11-5-6-12-25(21)30-28(22)27(33)16-26(23)32(2)29(35)31-24-13-7-9-19-8-3-4-10-20(19)24/h3-13,18,23,26-27,30,34H,14-17H2,1-2H3,(H,31,35)/t18-,23-,26-,27-/m0/s1. The predicted molar refractivity (Wildman–Crippen MR) is 141 cm³/mol. The van der Waals surface area contributed by atoms with E-state index in [2.05, 4.69) is 51.6 Å². The van der Waals surface area contributed by atoms with Crippen LogP contribution in [0, 0.1) is 5.92 Å². The van der Waals surface area contributed by atoms with Crippen LogP contribution in [0.2, 0.25) is 0 Å². The van der Waals surface area contributed by atoms with Gasteiger partial charge in [0.25, 0.3) is 0 Å². The second kappa shape index (κ2) is 8.70. The Balaban J connectivity index is 1.30. The number of urea groups is 1. The number of hydrogen-bond acceptors (Lipinski definition) is 3. The number of carbonyl (C=O) groups is 1. The van der Waals surface area contributed by atoms with Crippen LogP contribution in [0.5, 0.6) is 0 Å². The summed E-state index contributed by atoms with van der Waals surface area (Å²) >= 11 is 0. The van der Waals surface area contributed by atoms with E-state index in [-0.39, 0.29) is 24.0 Å². The fraction of sp³-hybridized carbons (Fsp3) is 0.345. The van der Waals surface area contributed by atoms with Crippen LogP contribution in [-0.2, 0) is 6.42 Å². The van der Waals surface area contributed by atoms with Crippen LogP contribution < -0.4 is 5.32 Å². The molecule has 0 saturated carbocycles. The highest BCUT2D eigenvalue weighted by atomic mass is 16.3. The van der Waals surface area contributed by atoms with Crippen molar-refractivity contribution in [3.05, 3.63) is 78.0 Å². The quantitative estimate of drug-likeness (QED) is 0.389. The number of anilines is 1. The van der Waals surface area contributed by atoms with Gasteiger partial charge < -0.3 is 20.3 Å². The molecule has 0 radical (unpaired) electrons. The van der Waals surface area contributed by atoms with Crippen molar-refractivity contribution in [2.75, 3.05) is 25.5 Å². The lowest BCUT2D eigenvalue weighted by Gasteiger charge is -2.49. The molecule has 2 aliphatic rings. The first-order valence-corrected chi connectivity index (χ1v) is 12.5. The van der Waals surface area contributed by atoms with Gasteiger partial charge in [-0.3, -0.25) is 4.90 Å². The Morgan fingerprint density at radius 1 is 1.09 bits per heavy atom. The Morgan fingerprint density at radius 3 is 2.66 bits per heavy atom. The van der Waals surface area contributed by atoms with Crippen molar-refractivity contribution in [1.82, 2.24) is 14.8 Å². The molecular formula is C29H32N4O2. The number of nitrogens with zero attached hydrogens (tertiary/aromatic N) is 2. The van der Waals surface area contributed by atoms with E-state index in [1.54, 1.807) is 0 Å². The number of aliphatic hydroxyl groups is 1. The van der Waals surface area contributed by atoms with E-state index in [1.165, 1.54) is 22.2 Å². The zero-order valence-corrected chi connectivity index (χ0v) is 20.2. The van der Waals surface area contributed by atoms with Crippen molar-refractivity contribution in [3.63, 3.8) is 0 Å². The van der Waals surface area contributed by atoms with Gasteiger partial charge in [-0.05, 0) is 42.8 Å². The number of amides is 2. The van der Waals surface area contributed by atoms with Crippen LogP contribution >= 0.6 is 0 Å². The lowest BCUT2D eigenvalue weighted by atomic mass is 9.80. The molecule has 0 unspecified atom stereocenters. The Kier molecular flexibility index (Phi) is 5.50. The van der Waals surface area contributed by atoms with Gasteiger partial charge >= 0.3 is 6.03 Å². The molecule has 0 bridgehead atoms. The van der Waals surface area contributed by atoms with E-state index in [1.807, 2.05) is 49.2 Å². The first-order valence-electron chi connectivity index (χ1n) is 12.5. The molecule has 1 aromatic heterocycles. The van der Waals surface area contributed by atoms with Gasteiger partial charge in [0.05, 0.1) is 17.8 Å². The van der Waals surface area contributed by atoms with E-state index in [0.717, 1.165) is 42.4 Å². The number of nitrogens with one attached hydrogen (secondary N) is 2. The molecule has 6 rings (SSSR count). The Hall–Kier alpha value is -3.35. The maximum Gasteiger partial charge on any atom is 0.321 e. The lowest BCUT2D eigenvalue weighted by molar-refractivity contribution is -0.0177. The maximum absolute atomic E-state index is 13.5. The highest BCUT2D eigenvalue weighted by Crippen LogP contribution is 2.42. The van der Waals surface area contributed by atoms with Crippen molar-refractivity contribution in [1.29, 1.82) is 0 Å². The minimum Gasteiger partial charge on any atom is -0.393 e. The van der Waals surface area contributed by atoms with Crippen LogP contribution in [0.15, 0.2) is 66.7 Å². The lowest BCUT2D eigenvalue weighted by Crippen LogP contribution is -2.57. The van der Waals surface area contributed by atoms with E-state index in [4.69, 9.17) is 0 Å². The number of aliphatic hydroxyl groups excluding tert-OH is 1. The normalized spacial score (nSPS) is 23.0. The van der Waals surface area contributed by atoms with Gasteiger partial charge in [-0.2, -0.15) is 0 Å². The van der Waals surface area contributed by atoms with E-state index < -0.39 is 6.10 Å². The first kappa shape index (κ1) is 22.1. The molecular weight excluding hydrogens is 436 g/mol. The molecule has 180 valence electrons. The van der Waals surface area contributed by atoms with Crippen molar-refractivity contribution in [2.45, 2.75) is 38.0 Å². The molecule has 35 heavy (non-hydrogen) atoms. The predicted octanol–water partition coefficient (Wildman–Crippen LogP) is 5.15. The summed E-state index contributed by atoms with van der Waals surface area (Å²) in [7, 11) is 1.87. The van der Waals surface area contributed by atoms with Gasteiger partial charge in [0, 0.05) is 54.1 Å². The number of rotatable bonds is 3. The molecule has 6 heteroatoms. The molecule has 3 aromatic carbocycles. The molecule has 1 fully saturated rings. The average Bonchev–Trinajstić information content (AvgIpc) is 3.27. The van der Waals surface area contributed by atoms with Gasteiger partial charge in [-0.25, -0.2) is 4.79 Å². The Bertz CT molecular complexity index is 1390. The van der Waals surface area contributed by atoms with Crippen molar-refractivity contribution < 1.29 is 9.90 Å². The number of benzene rings is 3. The zero-order valence-electron chi connectivity index (χ0n) is 20.2. The summed E-state index contributed by atoms with van der Waals surface area (Å²) in [5.74, 6) is -0.0135. The summed E-state index contributed by atoms with van der Waals surface area (Å²) in [6.07, 6.45) is 1.29. The third-order valence-corrected chi connectivity index (χ3v) is 8.14. The summed E-state index contributed by atoms with van der Waals surface area (Å²) in [6, 6.07) is 22.5. The third-order valence-electron chi connectivity index (χ3n) is 8.14. The molecule has 3 N–H and O–H groups in total.